The second-order valence-corrected chi connectivity index (χ2v) is 7.47. The van der Waals surface area contributed by atoms with Gasteiger partial charge < -0.3 is 9.84 Å². The summed E-state index contributed by atoms with van der Waals surface area (Å²) in [5.74, 6) is -0.789. The zero-order valence-electron chi connectivity index (χ0n) is 12.0. The summed E-state index contributed by atoms with van der Waals surface area (Å²) in [6, 6.07) is 3.30. The van der Waals surface area contributed by atoms with Crippen LogP contribution in [0.4, 0.5) is 0 Å². The molecule has 118 valence electrons. The predicted octanol–water partition coefficient (Wildman–Crippen LogP) is 2.24. The molecule has 0 heterocycles. The molecular weight excluding hydrogens is 362 g/mol. The van der Waals surface area contributed by atoms with Gasteiger partial charge in [0.1, 0.15) is 11.8 Å². The van der Waals surface area contributed by atoms with E-state index in [9.17, 15) is 13.2 Å². The highest BCUT2D eigenvalue weighted by atomic mass is 79.9. The molecule has 0 aliphatic rings. The van der Waals surface area contributed by atoms with Crippen molar-refractivity contribution < 1.29 is 23.1 Å². The van der Waals surface area contributed by atoms with Gasteiger partial charge in [0.2, 0.25) is 10.0 Å². The van der Waals surface area contributed by atoms with Gasteiger partial charge in [0.05, 0.1) is 12.0 Å². The van der Waals surface area contributed by atoms with Crippen molar-refractivity contribution in [3.05, 3.63) is 22.7 Å². The molecule has 21 heavy (non-hydrogen) atoms. The van der Waals surface area contributed by atoms with Crippen molar-refractivity contribution in [2.24, 2.45) is 5.92 Å². The first kappa shape index (κ1) is 17.9. The molecule has 0 aromatic heterocycles. The maximum Gasteiger partial charge on any atom is 0.321 e. The number of carboxylic acid groups (broad SMARTS) is 1. The summed E-state index contributed by atoms with van der Waals surface area (Å²) < 4.78 is 32.3. The predicted molar refractivity (Wildman–Crippen MR) is 81.9 cm³/mol. The summed E-state index contributed by atoms with van der Waals surface area (Å²) in [6.45, 7) is 3.65. The van der Waals surface area contributed by atoms with Gasteiger partial charge >= 0.3 is 5.97 Å². The van der Waals surface area contributed by atoms with E-state index in [2.05, 4.69) is 20.7 Å². The number of hydrogen-bond acceptors (Lipinski definition) is 4. The van der Waals surface area contributed by atoms with Crippen LogP contribution in [0.15, 0.2) is 27.6 Å². The van der Waals surface area contributed by atoms with E-state index in [-0.39, 0.29) is 17.2 Å². The number of rotatable bonds is 7. The smallest absolute Gasteiger partial charge is 0.321 e. The number of aliphatic carboxylic acids is 1. The molecule has 0 fully saturated rings. The van der Waals surface area contributed by atoms with E-state index in [1.54, 1.807) is 6.07 Å². The molecule has 8 heteroatoms. The molecule has 0 saturated heterocycles. The van der Waals surface area contributed by atoms with E-state index in [1.807, 2.05) is 13.8 Å². The Bertz CT molecular complexity index is 615. The largest absolute Gasteiger partial charge is 0.497 e. The van der Waals surface area contributed by atoms with Crippen molar-refractivity contribution in [2.45, 2.75) is 31.2 Å². The lowest BCUT2D eigenvalue weighted by molar-refractivity contribution is -0.139. The van der Waals surface area contributed by atoms with E-state index in [0.29, 0.717) is 10.2 Å². The van der Waals surface area contributed by atoms with Crippen LogP contribution in [0.3, 0.4) is 0 Å². The fourth-order valence-electron chi connectivity index (χ4n) is 1.74. The zero-order valence-corrected chi connectivity index (χ0v) is 14.4. The molecule has 2 N–H and O–H groups in total. The van der Waals surface area contributed by atoms with E-state index < -0.39 is 22.0 Å². The number of nitrogens with one attached hydrogen (secondary N) is 1. The second-order valence-electron chi connectivity index (χ2n) is 4.94. The Kier molecular flexibility index (Phi) is 6.18. The highest BCUT2D eigenvalue weighted by Gasteiger charge is 2.27. The molecule has 0 aliphatic carbocycles. The van der Waals surface area contributed by atoms with E-state index >= 15 is 0 Å². The number of methoxy groups -OCH3 is 1. The van der Waals surface area contributed by atoms with Gasteiger partial charge in [-0.2, -0.15) is 4.72 Å². The number of benzene rings is 1. The fourth-order valence-corrected chi connectivity index (χ4v) is 3.92. The van der Waals surface area contributed by atoms with Crippen molar-refractivity contribution in [3.8, 4) is 5.75 Å². The molecule has 0 aliphatic heterocycles. The van der Waals surface area contributed by atoms with Gasteiger partial charge in [-0.15, -0.1) is 0 Å². The first-order valence-electron chi connectivity index (χ1n) is 6.26. The summed E-state index contributed by atoms with van der Waals surface area (Å²) in [7, 11) is -2.55. The lowest BCUT2D eigenvalue weighted by atomic mass is 10.1. The lowest BCUT2D eigenvalue weighted by Gasteiger charge is -2.17. The summed E-state index contributed by atoms with van der Waals surface area (Å²) in [4.78, 5) is 11.1. The van der Waals surface area contributed by atoms with E-state index in [1.165, 1.54) is 19.2 Å². The van der Waals surface area contributed by atoms with Crippen LogP contribution < -0.4 is 9.46 Å². The number of ether oxygens (including phenoxy) is 1. The highest BCUT2D eigenvalue weighted by molar-refractivity contribution is 9.10. The summed E-state index contributed by atoms with van der Waals surface area (Å²) >= 11 is 3.15. The Morgan fingerprint density at radius 2 is 2.05 bits per heavy atom. The van der Waals surface area contributed by atoms with E-state index in [0.717, 1.165) is 0 Å². The minimum atomic E-state index is -3.97. The third-order valence-electron chi connectivity index (χ3n) is 2.73. The normalized spacial score (nSPS) is 13.2. The third-order valence-corrected chi connectivity index (χ3v) is 5.20. The third kappa shape index (κ3) is 4.98. The molecular formula is C13H18BrNO5S. The fraction of sp³-hybridized carbons (Fsp3) is 0.462. The minimum Gasteiger partial charge on any atom is -0.497 e. The van der Waals surface area contributed by atoms with Crippen molar-refractivity contribution in [1.29, 1.82) is 0 Å². The first-order chi connectivity index (χ1) is 9.67. The van der Waals surface area contributed by atoms with Gasteiger partial charge in [-0.25, -0.2) is 8.42 Å². The Labute approximate surface area is 132 Å². The van der Waals surface area contributed by atoms with Crippen LogP contribution in [0.25, 0.3) is 0 Å². The molecule has 6 nitrogen and oxygen atoms in total. The number of carboxylic acids is 1. The van der Waals surface area contributed by atoms with Gasteiger partial charge in [0, 0.05) is 10.5 Å². The molecule has 0 amide bonds. The highest BCUT2D eigenvalue weighted by Crippen LogP contribution is 2.27. The first-order valence-corrected chi connectivity index (χ1v) is 8.53. The van der Waals surface area contributed by atoms with Gasteiger partial charge in [-0.05, 0) is 40.4 Å². The maximum atomic E-state index is 12.4. The van der Waals surface area contributed by atoms with Crippen LogP contribution in [0.5, 0.6) is 5.75 Å². The number of halogens is 1. The van der Waals surface area contributed by atoms with Crippen LogP contribution in [0, 0.1) is 5.92 Å². The molecule has 0 unspecified atom stereocenters. The second kappa shape index (κ2) is 7.24. The van der Waals surface area contributed by atoms with Crippen molar-refractivity contribution >= 4 is 31.9 Å². The van der Waals surface area contributed by atoms with Crippen molar-refractivity contribution in [2.75, 3.05) is 7.11 Å². The zero-order chi connectivity index (χ0) is 16.2. The molecule has 0 spiro atoms. The molecule has 1 rings (SSSR count). The lowest BCUT2D eigenvalue weighted by Crippen LogP contribution is -2.41. The van der Waals surface area contributed by atoms with Crippen LogP contribution >= 0.6 is 15.9 Å². The van der Waals surface area contributed by atoms with Gasteiger partial charge in [-0.3, -0.25) is 4.79 Å². The average Bonchev–Trinajstić information content (AvgIpc) is 2.37. The quantitative estimate of drug-likeness (QED) is 0.757. The van der Waals surface area contributed by atoms with E-state index in [4.69, 9.17) is 9.84 Å². The maximum absolute atomic E-state index is 12.4. The SMILES string of the molecule is COc1ccc(Br)c(S(=O)(=O)N[C@H](CC(C)C)C(=O)O)c1. The van der Waals surface area contributed by atoms with Gasteiger partial charge in [-0.1, -0.05) is 13.8 Å². The van der Waals surface area contributed by atoms with Crippen molar-refractivity contribution in [1.82, 2.24) is 4.72 Å². The monoisotopic (exact) mass is 379 g/mol. The molecule has 0 radical (unpaired) electrons. The summed E-state index contributed by atoms with van der Waals surface area (Å²) in [5.41, 5.74) is 0. The van der Waals surface area contributed by atoms with Crippen LogP contribution in [-0.2, 0) is 14.8 Å². The molecule has 1 aromatic carbocycles. The molecule has 1 aromatic rings. The minimum absolute atomic E-state index is 0.0440. The van der Waals surface area contributed by atoms with Gasteiger partial charge in [0.15, 0.2) is 0 Å². The number of carbonyl (C=O) groups is 1. The van der Waals surface area contributed by atoms with Crippen LogP contribution in [0.2, 0.25) is 0 Å². The van der Waals surface area contributed by atoms with Gasteiger partial charge in [0.25, 0.3) is 0 Å². The Hall–Kier alpha value is -1.12. The van der Waals surface area contributed by atoms with Crippen LogP contribution in [0.1, 0.15) is 20.3 Å². The molecule has 0 saturated carbocycles. The average molecular weight is 380 g/mol. The summed E-state index contributed by atoms with van der Waals surface area (Å²) in [6.07, 6.45) is 0.205. The topological polar surface area (TPSA) is 92.7 Å². The van der Waals surface area contributed by atoms with Crippen LogP contribution in [-0.4, -0.2) is 32.6 Å². The molecule has 0 bridgehead atoms. The van der Waals surface area contributed by atoms with Crippen molar-refractivity contribution in [3.63, 3.8) is 0 Å². The Morgan fingerprint density at radius 3 is 2.52 bits per heavy atom. The Balaban J connectivity index is 3.12. The molecule has 1 atom stereocenters. The Morgan fingerprint density at radius 1 is 1.43 bits per heavy atom. The number of hydrogen-bond donors (Lipinski definition) is 2. The standard InChI is InChI=1S/C13H18BrNO5S/c1-8(2)6-11(13(16)17)15-21(18,19)12-7-9(20-3)4-5-10(12)14/h4-5,7-8,11,15H,6H2,1-3H3,(H,16,17)/t11-/m1/s1. The number of sulfonamides is 1. The summed E-state index contributed by atoms with van der Waals surface area (Å²) in [5, 5.41) is 9.14.